The zero-order chi connectivity index (χ0) is 15.5. The zero-order valence-electron chi connectivity index (χ0n) is 12.6. The predicted molar refractivity (Wildman–Crippen MR) is 91.8 cm³/mol. The normalized spacial score (nSPS) is 13.6. The fraction of sp³-hybridized carbons (Fsp3) is 0.278. The van der Waals surface area contributed by atoms with Crippen molar-refractivity contribution < 1.29 is 4.79 Å². The van der Waals surface area contributed by atoms with E-state index in [0.29, 0.717) is 11.6 Å². The lowest BCUT2D eigenvalue weighted by Gasteiger charge is -2.30. The van der Waals surface area contributed by atoms with E-state index in [0.717, 1.165) is 30.6 Å². The Balaban J connectivity index is 1.70. The van der Waals surface area contributed by atoms with Crippen molar-refractivity contribution in [3.05, 3.63) is 58.6 Å². The molecule has 1 N–H and O–H groups in total. The maximum absolute atomic E-state index is 12.3. The number of benzene rings is 2. The third-order valence-corrected chi connectivity index (χ3v) is 4.24. The maximum atomic E-state index is 12.3. The number of nitrogens with one attached hydrogen (secondary N) is 1. The Labute approximate surface area is 135 Å². The summed E-state index contributed by atoms with van der Waals surface area (Å²) in [6.45, 7) is 3.24. The van der Waals surface area contributed by atoms with Gasteiger partial charge in [-0.05, 0) is 55.2 Å². The molecule has 0 saturated carbocycles. The van der Waals surface area contributed by atoms with Crippen LogP contribution in [0.1, 0.15) is 17.5 Å². The molecule has 114 valence electrons. The van der Waals surface area contributed by atoms with Crippen molar-refractivity contribution in [1.29, 1.82) is 0 Å². The van der Waals surface area contributed by atoms with Gasteiger partial charge in [-0.2, -0.15) is 0 Å². The van der Waals surface area contributed by atoms with Crippen LogP contribution in [0.15, 0.2) is 42.5 Å². The molecule has 2 aromatic rings. The van der Waals surface area contributed by atoms with E-state index in [1.807, 2.05) is 25.1 Å². The summed E-state index contributed by atoms with van der Waals surface area (Å²) in [7, 11) is 0. The van der Waals surface area contributed by atoms with Crippen molar-refractivity contribution in [1.82, 2.24) is 0 Å². The molecule has 1 amide bonds. The first-order chi connectivity index (χ1) is 10.6. The van der Waals surface area contributed by atoms with Crippen LogP contribution in [0.3, 0.4) is 0 Å². The number of carbonyl (C=O) groups is 1. The van der Waals surface area contributed by atoms with Crippen LogP contribution >= 0.6 is 11.6 Å². The molecule has 0 unspecified atom stereocenters. The summed E-state index contributed by atoms with van der Waals surface area (Å²) in [6, 6.07) is 13.8. The molecule has 2 aromatic carbocycles. The van der Waals surface area contributed by atoms with Crippen molar-refractivity contribution >= 4 is 28.9 Å². The lowest BCUT2D eigenvalue weighted by molar-refractivity contribution is -0.115. The minimum atomic E-state index is 0.00197. The van der Waals surface area contributed by atoms with Gasteiger partial charge in [0.1, 0.15) is 0 Å². The topological polar surface area (TPSA) is 32.3 Å². The molecule has 0 atom stereocenters. The molecule has 0 aromatic heterocycles. The Morgan fingerprint density at radius 2 is 2.09 bits per heavy atom. The summed E-state index contributed by atoms with van der Waals surface area (Å²) >= 11 is 5.94. The van der Waals surface area contributed by atoms with Gasteiger partial charge in [-0.3, -0.25) is 4.79 Å². The molecule has 0 radical (unpaired) electrons. The molecule has 22 heavy (non-hydrogen) atoms. The molecule has 1 aliphatic heterocycles. The van der Waals surface area contributed by atoms with E-state index in [4.69, 9.17) is 11.6 Å². The molecule has 1 aliphatic rings. The lowest BCUT2D eigenvalue weighted by Crippen LogP contribution is -2.36. The van der Waals surface area contributed by atoms with E-state index < -0.39 is 0 Å². The minimum absolute atomic E-state index is 0.00197. The van der Waals surface area contributed by atoms with Gasteiger partial charge in [0, 0.05) is 22.9 Å². The first-order valence-corrected chi connectivity index (χ1v) is 7.90. The van der Waals surface area contributed by atoms with E-state index in [1.54, 1.807) is 6.07 Å². The quantitative estimate of drug-likeness (QED) is 0.927. The van der Waals surface area contributed by atoms with Crippen LogP contribution in [0, 0.1) is 6.92 Å². The van der Waals surface area contributed by atoms with Gasteiger partial charge in [0.2, 0.25) is 5.91 Å². The Hall–Kier alpha value is -2.00. The van der Waals surface area contributed by atoms with Crippen LogP contribution in [0.2, 0.25) is 5.02 Å². The van der Waals surface area contributed by atoms with E-state index in [-0.39, 0.29) is 5.91 Å². The van der Waals surface area contributed by atoms with Crippen LogP contribution in [-0.2, 0) is 11.2 Å². The second kappa shape index (κ2) is 6.41. The highest BCUT2D eigenvalue weighted by Crippen LogP contribution is 2.26. The number of hydrogen-bond acceptors (Lipinski definition) is 2. The molecular weight excluding hydrogens is 296 g/mol. The van der Waals surface area contributed by atoms with E-state index in [2.05, 4.69) is 28.4 Å². The van der Waals surface area contributed by atoms with Gasteiger partial charge in [0.05, 0.1) is 6.54 Å². The summed E-state index contributed by atoms with van der Waals surface area (Å²) in [5, 5.41) is 3.66. The van der Waals surface area contributed by atoms with Gasteiger partial charge in [0.25, 0.3) is 0 Å². The summed E-state index contributed by atoms with van der Waals surface area (Å²) in [5.74, 6) is 0.00197. The minimum Gasteiger partial charge on any atom is -0.362 e. The number of hydrogen-bond donors (Lipinski definition) is 1. The zero-order valence-corrected chi connectivity index (χ0v) is 13.4. The highest BCUT2D eigenvalue weighted by molar-refractivity contribution is 6.30. The maximum Gasteiger partial charge on any atom is 0.243 e. The molecule has 3 nitrogen and oxygen atoms in total. The number of carbonyl (C=O) groups excluding carboxylic acids is 1. The molecular formula is C18H19ClN2O. The van der Waals surface area contributed by atoms with Crippen LogP contribution < -0.4 is 10.2 Å². The Morgan fingerprint density at radius 3 is 2.91 bits per heavy atom. The van der Waals surface area contributed by atoms with Crippen molar-refractivity contribution in [3.63, 3.8) is 0 Å². The van der Waals surface area contributed by atoms with E-state index >= 15 is 0 Å². The number of para-hydroxylation sites is 1. The molecule has 0 bridgehead atoms. The number of nitrogens with zero attached hydrogens (tertiary/aromatic N) is 1. The molecule has 0 fully saturated rings. The molecule has 0 aliphatic carbocycles. The Bertz CT molecular complexity index is 699. The van der Waals surface area contributed by atoms with Crippen molar-refractivity contribution in [2.75, 3.05) is 23.3 Å². The predicted octanol–water partition coefficient (Wildman–Crippen LogP) is 4.04. The number of halogens is 1. The fourth-order valence-corrected chi connectivity index (χ4v) is 3.13. The number of amides is 1. The van der Waals surface area contributed by atoms with Crippen LogP contribution in [0.5, 0.6) is 0 Å². The average molecular weight is 315 g/mol. The Kier molecular flexibility index (Phi) is 4.34. The van der Waals surface area contributed by atoms with E-state index in [9.17, 15) is 4.79 Å². The smallest absolute Gasteiger partial charge is 0.243 e. The van der Waals surface area contributed by atoms with Gasteiger partial charge in [-0.15, -0.1) is 0 Å². The largest absolute Gasteiger partial charge is 0.362 e. The standard InChI is InChI=1S/C18H19ClN2O/c1-13-11-15(19)8-9-16(13)20-18(22)12-21-10-4-6-14-5-2-3-7-17(14)21/h2-3,5,7-9,11H,4,6,10,12H2,1H3,(H,20,22). The van der Waals surface area contributed by atoms with Gasteiger partial charge in [-0.1, -0.05) is 29.8 Å². The highest BCUT2D eigenvalue weighted by atomic mass is 35.5. The van der Waals surface area contributed by atoms with Crippen molar-refractivity contribution in [3.8, 4) is 0 Å². The Morgan fingerprint density at radius 1 is 1.27 bits per heavy atom. The van der Waals surface area contributed by atoms with Crippen LogP contribution in [0.4, 0.5) is 11.4 Å². The number of aryl methyl sites for hydroxylation is 2. The van der Waals surface area contributed by atoms with Gasteiger partial charge >= 0.3 is 0 Å². The highest BCUT2D eigenvalue weighted by Gasteiger charge is 2.18. The fourth-order valence-electron chi connectivity index (χ4n) is 2.91. The number of fused-ring (bicyclic) bond motifs is 1. The first kappa shape index (κ1) is 14.9. The third kappa shape index (κ3) is 3.25. The van der Waals surface area contributed by atoms with Crippen molar-refractivity contribution in [2.45, 2.75) is 19.8 Å². The third-order valence-electron chi connectivity index (χ3n) is 4.00. The van der Waals surface area contributed by atoms with Gasteiger partial charge < -0.3 is 10.2 Å². The molecule has 4 heteroatoms. The SMILES string of the molecule is Cc1cc(Cl)ccc1NC(=O)CN1CCCc2ccccc21. The second-order valence-corrected chi connectivity index (χ2v) is 6.10. The molecule has 0 spiro atoms. The molecule has 3 rings (SSSR count). The number of anilines is 2. The van der Waals surface area contributed by atoms with E-state index in [1.165, 1.54) is 11.3 Å². The summed E-state index contributed by atoms with van der Waals surface area (Å²) in [5.41, 5.74) is 4.29. The molecule has 0 saturated heterocycles. The van der Waals surface area contributed by atoms with Gasteiger partial charge in [-0.25, -0.2) is 0 Å². The lowest BCUT2D eigenvalue weighted by atomic mass is 10.0. The first-order valence-electron chi connectivity index (χ1n) is 7.52. The monoisotopic (exact) mass is 314 g/mol. The number of rotatable bonds is 3. The van der Waals surface area contributed by atoms with Crippen molar-refractivity contribution in [2.24, 2.45) is 0 Å². The molecule has 1 heterocycles. The van der Waals surface area contributed by atoms with Gasteiger partial charge in [0.15, 0.2) is 0 Å². The average Bonchev–Trinajstić information content (AvgIpc) is 2.50. The summed E-state index contributed by atoms with van der Waals surface area (Å²) in [6.07, 6.45) is 2.18. The summed E-state index contributed by atoms with van der Waals surface area (Å²) in [4.78, 5) is 14.5. The van der Waals surface area contributed by atoms with Crippen LogP contribution in [-0.4, -0.2) is 19.0 Å². The second-order valence-electron chi connectivity index (χ2n) is 5.66. The summed E-state index contributed by atoms with van der Waals surface area (Å²) < 4.78 is 0. The van der Waals surface area contributed by atoms with Crippen LogP contribution in [0.25, 0.3) is 0 Å².